The van der Waals surface area contributed by atoms with Crippen LogP contribution in [0.4, 0.5) is 0 Å². The van der Waals surface area contributed by atoms with Crippen LogP contribution in [0.3, 0.4) is 0 Å². The number of hydrogen-bond donors (Lipinski definition) is 0. The van der Waals surface area contributed by atoms with Gasteiger partial charge in [0, 0.05) is 5.41 Å². The Morgan fingerprint density at radius 1 is 0.415 bits per heavy atom. The number of benzene rings is 7. The average molecular weight is 699 g/mol. The lowest BCUT2D eigenvalue weighted by atomic mass is 9.82. The van der Waals surface area contributed by atoms with Gasteiger partial charge in [0.05, 0.1) is 0 Å². The highest BCUT2D eigenvalue weighted by Gasteiger charge is 2.34. The summed E-state index contributed by atoms with van der Waals surface area (Å²) in [4.78, 5) is 0. The number of aryl methyl sites for hydroxylation is 6. The Morgan fingerprint density at radius 2 is 0.868 bits per heavy atom. The molecule has 7 aromatic carbocycles. The molecule has 0 heteroatoms. The first-order valence-corrected chi connectivity index (χ1v) is 19.3. The lowest BCUT2D eigenvalue weighted by Gasteiger charge is -2.21. The third-order valence-corrected chi connectivity index (χ3v) is 9.29. The fraction of sp³-hybridized carbons (Fsp3) is 0.245. The molecule has 0 amide bonds. The molecule has 0 saturated heterocycles. The maximum Gasteiger partial charge on any atom is 0.0158 e. The van der Waals surface area contributed by atoms with Crippen molar-refractivity contribution in [3.63, 3.8) is 0 Å². The van der Waals surface area contributed by atoms with Crippen molar-refractivity contribution in [1.29, 1.82) is 0 Å². The Balaban J connectivity index is 0.000000187. The highest BCUT2D eigenvalue weighted by molar-refractivity contribution is 5.85. The average Bonchev–Trinajstić information content (AvgIpc) is 3.41. The van der Waals surface area contributed by atoms with E-state index in [4.69, 9.17) is 0 Å². The standard InChI is InChI=1S/C18H20.C11H10.C8H10.2C7H8.C2H6/c1-4-7-13-10-11-17-15(12-13)14-8-5-6-9-16(14)18(17,2)3;1-9-5-4-7-10-6-2-3-8-11(9)10;1-7-3-5-8(2)6-4-7;2*1-7-5-3-2-4-6-7;1-2/h5-6,8-12H,4,7H2,1-3H3;2-8H,1H3;3-6H,1-2H3;2*2-6H,1H3;1-2H3. The molecule has 0 spiro atoms. The summed E-state index contributed by atoms with van der Waals surface area (Å²) >= 11 is 0. The minimum atomic E-state index is 0.149. The van der Waals surface area contributed by atoms with E-state index >= 15 is 0 Å². The van der Waals surface area contributed by atoms with Crippen molar-refractivity contribution in [1.82, 2.24) is 0 Å². The second kappa shape index (κ2) is 22.0. The van der Waals surface area contributed by atoms with Gasteiger partial charge in [-0.1, -0.05) is 233 Å². The lowest BCUT2D eigenvalue weighted by Crippen LogP contribution is -2.14. The molecule has 7 aromatic rings. The molecule has 0 heterocycles. The molecular formula is C53H62. The molecule has 53 heavy (non-hydrogen) atoms. The van der Waals surface area contributed by atoms with Crippen LogP contribution in [0.2, 0.25) is 0 Å². The zero-order valence-electron chi connectivity index (χ0n) is 34.1. The summed E-state index contributed by atoms with van der Waals surface area (Å²) in [5.74, 6) is 0. The van der Waals surface area contributed by atoms with Crippen LogP contribution in [0.25, 0.3) is 21.9 Å². The molecule has 0 unspecified atom stereocenters. The van der Waals surface area contributed by atoms with Gasteiger partial charge in [0.25, 0.3) is 0 Å². The van der Waals surface area contributed by atoms with Crippen molar-refractivity contribution < 1.29 is 0 Å². The Hall–Kier alpha value is -5.20. The van der Waals surface area contributed by atoms with Gasteiger partial charge in [0.2, 0.25) is 0 Å². The molecule has 0 aromatic heterocycles. The fourth-order valence-electron chi connectivity index (χ4n) is 6.30. The minimum absolute atomic E-state index is 0.149. The summed E-state index contributed by atoms with van der Waals surface area (Å²) in [6.07, 6.45) is 2.39. The van der Waals surface area contributed by atoms with Gasteiger partial charge >= 0.3 is 0 Å². The van der Waals surface area contributed by atoms with Crippen LogP contribution in [0, 0.1) is 34.6 Å². The molecule has 0 radical (unpaired) electrons. The molecule has 0 atom stereocenters. The van der Waals surface area contributed by atoms with Crippen LogP contribution < -0.4 is 0 Å². The summed E-state index contributed by atoms with van der Waals surface area (Å²) in [6, 6.07) is 59.7. The van der Waals surface area contributed by atoms with E-state index in [9.17, 15) is 0 Å². The van der Waals surface area contributed by atoms with E-state index in [0.717, 1.165) is 0 Å². The summed E-state index contributed by atoms with van der Waals surface area (Å²) in [5, 5.41) is 2.68. The largest absolute Gasteiger partial charge is 0.0683 e. The number of fused-ring (bicyclic) bond motifs is 4. The van der Waals surface area contributed by atoms with Gasteiger partial charge < -0.3 is 0 Å². The molecule has 274 valence electrons. The van der Waals surface area contributed by atoms with E-state index < -0.39 is 0 Å². The first-order valence-electron chi connectivity index (χ1n) is 19.3. The normalized spacial score (nSPS) is 11.1. The second-order valence-corrected chi connectivity index (χ2v) is 14.1. The van der Waals surface area contributed by atoms with Gasteiger partial charge in [-0.2, -0.15) is 0 Å². The van der Waals surface area contributed by atoms with E-state index in [1.54, 1.807) is 0 Å². The van der Waals surface area contributed by atoms with Crippen LogP contribution in [0.5, 0.6) is 0 Å². The van der Waals surface area contributed by atoms with Crippen molar-refractivity contribution in [2.45, 2.75) is 87.5 Å². The van der Waals surface area contributed by atoms with Crippen LogP contribution in [-0.4, -0.2) is 0 Å². The van der Waals surface area contributed by atoms with Gasteiger partial charge in [0.1, 0.15) is 0 Å². The Kier molecular flexibility index (Phi) is 17.5. The smallest absolute Gasteiger partial charge is 0.0158 e. The molecule has 1 aliphatic rings. The van der Waals surface area contributed by atoms with Gasteiger partial charge in [-0.15, -0.1) is 0 Å². The van der Waals surface area contributed by atoms with Crippen LogP contribution in [0.15, 0.2) is 170 Å². The lowest BCUT2D eigenvalue weighted by molar-refractivity contribution is 0.660. The number of rotatable bonds is 2. The van der Waals surface area contributed by atoms with E-state index in [1.165, 1.54) is 79.2 Å². The summed E-state index contributed by atoms with van der Waals surface area (Å²) < 4.78 is 0. The van der Waals surface area contributed by atoms with Crippen molar-refractivity contribution >= 4 is 10.8 Å². The number of hydrogen-bond acceptors (Lipinski definition) is 0. The first kappa shape index (κ1) is 42.2. The second-order valence-electron chi connectivity index (χ2n) is 14.1. The Bertz CT molecular complexity index is 1980. The van der Waals surface area contributed by atoms with Crippen molar-refractivity contribution in [2.24, 2.45) is 0 Å². The molecule has 0 N–H and O–H groups in total. The topological polar surface area (TPSA) is 0 Å². The van der Waals surface area contributed by atoms with Crippen LogP contribution >= 0.6 is 0 Å². The van der Waals surface area contributed by atoms with Crippen molar-refractivity contribution in [3.8, 4) is 11.1 Å². The van der Waals surface area contributed by atoms with E-state index in [2.05, 4.69) is 189 Å². The van der Waals surface area contributed by atoms with Crippen molar-refractivity contribution in [2.75, 3.05) is 0 Å². The fourth-order valence-corrected chi connectivity index (χ4v) is 6.30. The molecule has 0 fully saturated rings. The molecule has 8 rings (SSSR count). The molecule has 0 saturated carbocycles. The van der Waals surface area contributed by atoms with Gasteiger partial charge in [-0.25, -0.2) is 0 Å². The summed E-state index contributed by atoms with van der Waals surface area (Å²) in [7, 11) is 0. The molecular weight excluding hydrogens is 637 g/mol. The van der Waals surface area contributed by atoms with Gasteiger partial charge in [-0.3, -0.25) is 0 Å². The van der Waals surface area contributed by atoms with Crippen molar-refractivity contribution in [3.05, 3.63) is 214 Å². The highest BCUT2D eigenvalue weighted by Crippen LogP contribution is 2.48. The van der Waals surface area contributed by atoms with E-state index in [1.807, 2.05) is 50.2 Å². The predicted molar refractivity (Wildman–Crippen MR) is 236 cm³/mol. The zero-order valence-corrected chi connectivity index (χ0v) is 34.1. The minimum Gasteiger partial charge on any atom is -0.0683 e. The van der Waals surface area contributed by atoms with Gasteiger partial charge in [0.15, 0.2) is 0 Å². The predicted octanol–water partition coefficient (Wildman–Crippen LogP) is 15.4. The first-order chi connectivity index (χ1) is 25.6. The maximum atomic E-state index is 2.40. The van der Waals surface area contributed by atoms with Crippen LogP contribution in [0.1, 0.15) is 85.5 Å². The van der Waals surface area contributed by atoms with Crippen LogP contribution in [-0.2, 0) is 11.8 Å². The zero-order chi connectivity index (χ0) is 38.6. The summed E-state index contributed by atoms with van der Waals surface area (Å²) in [5.41, 5.74) is 14.1. The van der Waals surface area contributed by atoms with Gasteiger partial charge in [-0.05, 0) is 85.2 Å². The third-order valence-electron chi connectivity index (χ3n) is 9.29. The third kappa shape index (κ3) is 13.1. The molecule has 1 aliphatic carbocycles. The quantitative estimate of drug-likeness (QED) is 0.169. The molecule has 0 nitrogen and oxygen atoms in total. The maximum absolute atomic E-state index is 2.40. The Labute approximate surface area is 322 Å². The van der Waals surface area contributed by atoms with E-state index in [0.29, 0.717) is 0 Å². The van der Waals surface area contributed by atoms with E-state index in [-0.39, 0.29) is 5.41 Å². The highest BCUT2D eigenvalue weighted by atomic mass is 14.4. The molecule has 0 bridgehead atoms. The Morgan fingerprint density at radius 3 is 1.38 bits per heavy atom. The summed E-state index contributed by atoms with van der Waals surface area (Å²) in [6.45, 7) is 21.4. The molecule has 0 aliphatic heterocycles. The SMILES string of the molecule is CC.CCCc1ccc2c(c1)-c1ccccc1C2(C)C.Cc1ccc(C)cc1.Cc1cccc2ccccc12.Cc1ccccc1.Cc1ccccc1. The monoisotopic (exact) mass is 698 g/mol.